The van der Waals surface area contributed by atoms with Gasteiger partial charge >= 0.3 is 11.8 Å². The quantitative estimate of drug-likeness (QED) is 0.702. The molecule has 2 aromatic heterocycles. The zero-order chi connectivity index (χ0) is 16.8. The Bertz CT molecular complexity index is 664. The lowest BCUT2D eigenvalue weighted by Crippen LogP contribution is -2.40. The van der Waals surface area contributed by atoms with Gasteiger partial charge < -0.3 is 20.2 Å². The number of carbonyl (C=O) groups excluding carboxylic acids is 2. The zero-order valence-corrected chi connectivity index (χ0v) is 13.9. The van der Waals surface area contributed by atoms with E-state index in [9.17, 15) is 14.7 Å². The summed E-state index contributed by atoms with van der Waals surface area (Å²) in [5.74, 6) is 0.0145. The van der Waals surface area contributed by atoms with E-state index in [2.05, 4.69) is 10.6 Å². The zero-order valence-electron chi connectivity index (χ0n) is 13.1. The van der Waals surface area contributed by atoms with Gasteiger partial charge in [-0.3, -0.25) is 9.59 Å². The molecule has 0 aliphatic carbocycles. The van der Waals surface area contributed by atoms with Crippen LogP contribution in [0.4, 0.5) is 0 Å². The normalized spacial score (nSPS) is 12.0. The van der Waals surface area contributed by atoms with Crippen molar-refractivity contribution in [2.45, 2.75) is 32.9 Å². The van der Waals surface area contributed by atoms with Crippen molar-refractivity contribution < 1.29 is 19.1 Å². The van der Waals surface area contributed by atoms with Gasteiger partial charge in [0.2, 0.25) is 0 Å². The van der Waals surface area contributed by atoms with E-state index in [1.54, 1.807) is 13.0 Å². The van der Waals surface area contributed by atoms with Crippen LogP contribution in [-0.2, 0) is 16.1 Å². The average molecular weight is 336 g/mol. The number of hydrogen-bond acceptors (Lipinski definition) is 5. The summed E-state index contributed by atoms with van der Waals surface area (Å²) in [5.41, 5.74) is 0.707. The summed E-state index contributed by atoms with van der Waals surface area (Å²) in [6.45, 7) is 4.13. The van der Waals surface area contributed by atoms with Crippen molar-refractivity contribution in [3.63, 3.8) is 0 Å². The van der Waals surface area contributed by atoms with E-state index in [1.807, 2.05) is 24.4 Å². The Morgan fingerprint density at radius 3 is 2.65 bits per heavy atom. The molecule has 0 fully saturated rings. The Morgan fingerprint density at radius 2 is 2.04 bits per heavy atom. The van der Waals surface area contributed by atoms with Crippen molar-refractivity contribution in [3.8, 4) is 0 Å². The molecule has 2 aromatic rings. The van der Waals surface area contributed by atoms with Gasteiger partial charge in [-0.15, -0.1) is 11.3 Å². The molecule has 6 nitrogen and oxygen atoms in total. The molecule has 2 amide bonds. The van der Waals surface area contributed by atoms with Crippen molar-refractivity contribution >= 4 is 23.2 Å². The van der Waals surface area contributed by atoms with Crippen molar-refractivity contribution in [1.82, 2.24) is 10.6 Å². The van der Waals surface area contributed by atoms with Crippen molar-refractivity contribution in [1.29, 1.82) is 0 Å². The highest BCUT2D eigenvalue weighted by atomic mass is 32.1. The number of rotatable bonds is 6. The first-order valence-electron chi connectivity index (χ1n) is 7.30. The van der Waals surface area contributed by atoms with Crippen LogP contribution in [0.1, 0.15) is 34.5 Å². The van der Waals surface area contributed by atoms with Crippen LogP contribution in [0.3, 0.4) is 0 Å². The first kappa shape index (κ1) is 17.2. The molecular formula is C16H20N2O4S. The lowest BCUT2D eigenvalue weighted by molar-refractivity contribution is -0.139. The van der Waals surface area contributed by atoms with Gasteiger partial charge in [-0.2, -0.15) is 0 Å². The third kappa shape index (κ3) is 4.94. The van der Waals surface area contributed by atoms with Crippen LogP contribution in [0.5, 0.6) is 0 Å². The minimum atomic E-state index is -0.734. The lowest BCUT2D eigenvalue weighted by Gasteiger charge is -2.10. The third-order valence-electron chi connectivity index (χ3n) is 3.35. The highest BCUT2D eigenvalue weighted by Crippen LogP contribution is 2.23. The molecule has 2 rings (SSSR count). The van der Waals surface area contributed by atoms with Gasteiger partial charge in [-0.25, -0.2) is 0 Å². The smallest absolute Gasteiger partial charge is 0.309 e. The lowest BCUT2D eigenvalue weighted by atomic mass is 10.1. The highest BCUT2D eigenvalue weighted by molar-refractivity contribution is 7.09. The third-order valence-corrected chi connectivity index (χ3v) is 4.23. The predicted octanol–water partition coefficient (Wildman–Crippen LogP) is 1.81. The molecule has 0 saturated heterocycles. The molecule has 2 heterocycles. The van der Waals surface area contributed by atoms with E-state index in [4.69, 9.17) is 4.42 Å². The first-order valence-corrected chi connectivity index (χ1v) is 8.18. The average Bonchev–Trinajstić information content (AvgIpc) is 3.13. The Kier molecular flexibility index (Phi) is 5.95. The van der Waals surface area contributed by atoms with Gasteiger partial charge in [-0.1, -0.05) is 6.07 Å². The number of aliphatic hydroxyl groups is 1. The Morgan fingerprint density at radius 1 is 1.30 bits per heavy atom. The molecule has 0 aromatic carbocycles. The summed E-state index contributed by atoms with van der Waals surface area (Å²) in [4.78, 5) is 24.3. The number of thiophene rings is 1. The monoisotopic (exact) mass is 336 g/mol. The Balaban J connectivity index is 1.71. The van der Waals surface area contributed by atoms with Gasteiger partial charge in [0.25, 0.3) is 0 Å². The molecule has 0 aliphatic rings. The van der Waals surface area contributed by atoms with Crippen molar-refractivity contribution in [2.75, 3.05) is 6.54 Å². The summed E-state index contributed by atoms with van der Waals surface area (Å²) in [5, 5.41) is 17.0. The number of furan rings is 1. The molecule has 0 radical (unpaired) electrons. The van der Waals surface area contributed by atoms with Crippen LogP contribution in [0.25, 0.3) is 0 Å². The minimum Gasteiger partial charge on any atom is -0.466 e. The summed E-state index contributed by atoms with van der Waals surface area (Å²) < 4.78 is 5.36. The number of aryl methyl sites for hydroxylation is 2. The first-order chi connectivity index (χ1) is 11.0. The number of hydrogen-bond donors (Lipinski definition) is 3. The van der Waals surface area contributed by atoms with E-state index in [1.165, 1.54) is 11.3 Å². The number of nitrogens with one attached hydrogen (secondary N) is 2. The van der Waals surface area contributed by atoms with Gasteiger partial charge in [0, 0.05) is 17.0 Å². The number of carbonyl (C=O) groups is 2. The molecule has 1 atom stereocenters. The summed E-state index contributed by atoms with van der Waals surface area (Å²) in [6, 6.07) is 5.54. The van der Waals surface area contributed by atoms with Gasteiger partial charge in [0.15, 0.2) is 0 Å². The SMILES string of the molecule is Cc1cc([C@H](O)CCNC(=O)C(=O)NCc2cccs2)c(C)o1. The van der Waals surface area contributed by atoms with Gasteiger partial charge in [0.05, 0.1) is 12.6 Å². The highest BCUT2D eigenvalue weighted by Gasteiger charge is 2.16. The molecule has 23 heavy (non-hydrogen) atoms. The Hall–Kier alpha value is -2.12. The maximum absolute atomic E-state index is 11.7. The van der Waals surface area contributed by atoms with Crippen LogP contribution in [-0.4, -0.2) is 23.5 Å². The van der Waals surface area contributed by atoms with Gasteiger partial charge in [0.1, 0.15) is 11.5 Å². The molecule has 124 valence electrons. The maximum Gasteiger partial charge on any atom is 0.309 e. The van der Waals surface area contributed by atoms with Crippen molar-refractivity contribution in [3.05, 3.63) is 45.5 Å². The minimum absolute atomic E-state index is 0.204. The summed E-state index contributed by atoms with van der Waals surface area (Å²) in [6.07, 6.45) is -0.425. The fourth-order valence-electron chi connectivity index (χ4n) is 2.20. The van der Waals surface area contributed by atoms with E-state index < -0.39 is 17.9 Å². The topological polar surface area (TPSA) is 91.6 Å². The molecule has 0 bridgehead atoms. The van der Waals surface area contributed by atoms with Gasteiger partial charge in [-0.05, 0) is 37.8 Å². The van der Waals surface area contributed by atoms with E-state index in [0.717, 1.165) is 10.6 Å². The standard InChI is InChI=1S/C16H20N2O4S/c1-10-8-13(11(2)22-10)14(19)5-6-17-15(20)16(21)18-9-12-4-3-7-23-12/h3-4,7-8,14,19H,5-6,9H2,1-2H3,(H,17,20)(H,18,21)/t14-/m1/s1. The van der Waals surface area contributed by atoms with Crippen LogP contribution in [0.2, 0.25) is 0 Å². The van der Waals surface area contributed by atoms with E-state index in [0.29, 0.717) is 24.3 Å². The maximum atomic E-state index is 11.7. The molecule has 7 heteroatoms. The number of aliphatic hydroxyl groups excluding tert-OH is 1. The van der Waals surface area contributed by atoms with E-state index >= 15 is 0 Å². The molecule has 0 spiro atoms. The number of amides is 2. The summed E-state index contributed by atoms with van der Waals surface area (Å²) >= 11 is 1.51. The van der Waals surface area contributed by atoms with Crippen LogP contribution in [0.15, 0.2) is 28.0 Å². The Labute approximate surface area is 138 Å². The van der Waals surface area contributed by atoms with Crippen LogP contribution >= 0.6 is 11.3 Å². The van der Waals surface area contributed by atoms with E-state index in [-0.39, 0.29) is 6.54 Å². The molecular weight excluding hydrogens is 316 g/mol. The molecule has 0 aliphatic heterocycles. The van der Waals surface area contributed by atoms with Crippen LogP contribution in [0, 0.1) is 13.8 Å². The second-order valence-electron chi connectivity index (χ2n) is 5.19. The largest absolute Gasteiger partial charge is 0.466 e. The molecule has 0 saturated carbocycles. The predicted molar refractivity (Wildman–Crippen MR) is 86.9 cm³/mol. The fraction of sp³-hybridized carbons (Fsp3) is 0.375. The second kappa shape index (κ2) is 7.94. The van der Waals surface area contributed by atoms with Crippen molar-refractivity contribution in [2.24, 2.45) is 0 Å². The molecule has 0 unspecified atom stereocenters. The molecule has 3 N–H and O–H groups in total. The summed E-state index contributed by atoms with van der Waals surface area (Å²) in [7, 11) is 0. The second-order valence-corrected chi connectivity index (χ2v) is 6.22. The fourth-order valence-corrected chi connectivity index (χ4v) is 2.84. The van der Waals surface area contributed by atoms with Crippen LogP contribution < -0.4 is 10.6 Å².